The van der Waals surface area contributed by atoms with Crippen LogP contribution < -0.4 is 25.2 Å². The fraction of sp³-hybridized carbons (Fsp3) is 0.297. The number of para-hydroxylation sites is 3. The lowest BCUT2D eigenvalue weighted by atomic mass is 9.99. The number of likely N-dealkylation sites (N-methyl/N-ethyl adjacent to an activating group) is 1. The quantitative estimate of drug-likeness (QED) is 0.154. The molecular weight excluding hydrogens is 659 g/mol. The summed E-state index contributed by atoms with van der Waals surface area (Å²) >= 11 is 0. The van der Waals surface area contributed by atoms with Crippen molar-refractivity contribution in [2.75, 3.05) is 49.6 Å². The molecule has 0 saturated carbocycles. The van der Waals surface area contributed by atoms with Gasteiger partial charge < -0.3 is 30.5 Å². The summed E-state index contributed by atoms with van der Waals surface area (Å²) in [5, 5.41) is 12.9. The van der Waals surface area contributed by atoms with E-state index in [1.807, 2.05) is 26.1 Å². The van der Waals surface area contributed by atoms with E-state index in [-0.39, 0.29) is 46.2 Å². The van der Waals surface area contributed by atoms with Crippen molar-refractivity contribution in [2.24, 2.45) is 5.92 Å². The lowest BCUT2D eigenvalue weighted by molar-refractivity contribution is 0.0344. The Bertz CT molecular complexity index is 1920. The van der Waals surface area contributed by atoms with E-state index in [0.29, 0.717) is 42.3 Å². The molecule has 12 nitrogen and oxygen atoms in total. The molecule has 0 unspecified atom stereocenters. The van der Waals surface area contributed by atoms with Crippen LogP contribution >= 0.6 is 0 Å². The summed E-state index contributed by atoms with van der Waals surface area (Å²) in [6.07, 6.45) is -0.478. The number of benzene rings is 4. The number of hydrogen-bond acceptors (Lipinski definition) is 9. The van der Waals surface area contributed by atoms with Crippen molar-refractivity contribution in [2.45, 2.75) is 37.4 Å². The van der Waals surface area contributed by atoms with Crippen molar-refractivity contribution in [1.29, 1.82) is 0 Å². The highest BCUT2D eigenvalue weighted by Gasteiger charge is 2.35. The standard InChI is InChI=1S/C37H43N5O7S/c1-24-20-42(25(2)23-43)37(45)30-8-7-11-33(40-50(46,47)29-18-16-28(48-4)17-19-29)35(30)49-34(24)22-41(3)21-26-12-14-27(15-13-26)36(44)39-32-10-6-5-9-31(32)38/h5-19,24-25,34,40,43H,20-23,38H2,1-4H3,(H,39,44)/t24-,25+,34+/m0/s1. The van der Waals surface area contributed by atoms with Gasteiger partial charge in [-0.15, -0.1) is 0 Å². The van der Waals surface area contributed by atoms with E-state index in [4.69, 9.17) is 15.2 Å². The molecule has 0 radical (unpaired) electrons. The largest absolute Gasteiger partial charge is 0.497 e. The minimum Gasteiger partial charge on any atom is -0.497 e. The average molecular weight is 702 g/mol. The number of carbonyl (C=O) groups is 2. The van der Waals surface area contributed by atoms with Crippen molar-refractivity contribution in [1.82, 2.24) is 9.80 Å². The van der Waals surface area contributed by atoms with Crippen LogP contribution in [0.2, 0.25) is 0 Å². The fourth-order valence-electron chi connectivity index (χ4n) is 5.75. The molecule has 1 heterocycles. The molecule has 0 bridgehead atoms. The van der Waals surface area contributed by atoms with Crippen molar-refractivity contribution in [3.8, 4) is 11.5 Å². The van der Waals surface area contributed by atoms with Gasteiger partial charge in [-0.3, -0.25) is 19.2 Å². The number of amides is 2. The summed E-state index contributed by atoms with van der Waals surface area (Å²) in [5.74, 6) is -0.218. The topological polar surface area (TPSA) is 164 Å². The average Bonchev–Trinajstić information content (AvgIpc) is 3.10. The predicted molar refractivity (Wildman–Crippen MR) is 193 cm³/mol. The number of nitrogens with two attached hydrogens (primary N) is 1. The number of rotatable bonds is 12. The van der Waals surface area contributed by atoms with Crippen LogP contribution in [0.1, 0.15) is 40.1 Å². The molecule has 0 spiro atoms. The SMILES string of the molecule is COc1ccc(S(=O)(=O)Nc2cccc3c2O[C@H](CN(C)Cc2ccc(C(=O)Nc4ccccc4N)cc2)[C@@H](C)CN([C@H](C)CO)C3=O)cc1. The molecule has 4 aromatic carbocycles. The van der Waals surface area contributed by atoms with Crippen LogP contribution in [0, 0.1) is 5.92 Å². The van der Waals surface area contributed by atoms with Crippen molar-refractivity contribution in [3.63, 3.8) is 0 Å². The van der Waals surface area contributed by atoms with E-state index in [9.17, 15) is 23.1 Å². The summed E-state index contributed by atoms with van der Waals surface area (Å²) in [6.45, 7) is 4.75. The lowest BCUT2D eigenvalue weighted by Crippen LogP contribution is -2.49. The Kier molecular flexibility index (Phi) is 11.3. The first-order valence-electron chi connectivity index (χ1n) is 16.2. The first-order chi connectivity index (χ1) is 23.9. The van der Waals surface area contributed by atoms with Crippen LogP contribution in [-0.4, -0.2) is 81.1 Å². The third kappa shape index (κ3) is 8.36. The van der Waals surface area contributed by atoms with Gasteiger partial charge in [0.15, 0.2) is 5.75 Å². The third-order valence-corrected chi connectivity index (χ3v) is 10.1. The van der Waals surface area contributed by atoms with Crippen LogP contribution in [0.5, 0.6) is 11.5 Å². The van der Waals surface area contributed by atoms with Gasteiger partial charge >= 0.3 is 0 Å². The van der Waals surface area contributed by atoms with Crippen LogP contribution in [-0.2, 0) is 16.6 Å². The molecule has 2 amide bonds. The minimum atomic E-state index is -4.06. The van der Waals surface area contributed by atoms with Crippen LogP contribution in [0.3, 0.4) is 0 Å². The molecular formula is C37H43N5O7S. The number of nitrogens with one attached hydrogen (secondary N) is 2. The smallest absolute Gasteiger partial charge is 0.262 e. The molecule has 1 aliphatic heterocycles. The van der Waals surface area contributed by atoms with Crippen LogP contribution in [0.25, 0.3) is 0 Å². The zero-order valence-electron chi connectivity index (χ0n) is 28.5. The van der Waals surface area contributed by atoms with Gasteiger partial charge in [0.1, 0.15) is 11.9 Å². The zero-order valence-corrected chi connectivity index (χ0v) is 29.3. The van der Waals surface area contributed by atoms with E-state index in [1.54, 1.807) is 78.6 Å². The van der Waals surface area contributed by atoms with Gasteiger partial charge in [-0.25, -0.2) is 8.42 Å². The lowest BCUT2D eigenvalue weighted by Gasteiger charge is -2.38. The Morgan fingerprint density at radius 3 is 2.38 bits per heavy atom. The molecule has 5 N–H and O–H groups in total. The van der Waals surface area contributed by atoms with Gasteiger partial charge in [0.2, 0.25) is 0 Å². The van der Waals surface area contributed by atoms with E-state index < -0.39 is 22.2 Å². The monoisotopic (exact) mass is 701 g/mol. The second-order valence-electron chi connectivity index (χ2n) is 12.5. The summed E-state index contributed by atoms with van der Waals surface area (Å²) in [4.78, 5) is 30.4. The summed E-state index contributed by atoms with van der Waals surface area (Å²) in [7, 11) is -0.634. The number of ether oxygens (including phenoxy) is 2. The zero-order chi connectivity index (χ0) is 36.0. The maximum atomic E-state index is 13.9. The highest BCUT2D eigenvalue weighted by molar-refractivity contribution is 7.92. The van der Waals surface area contributed by atoms with Crippen LogP contribution in [0.15, 0.2) is 95.9 Å². The molecule has 0 aromatic heterocycles. The first kappa shape index (κ1) is 36.2. The Morgan fingerprint density at radius 2 is 1.72 bits per heavy atom. The second-order valence-corrected chi connectivity index (χ2v) is 14.2. The molecule has 1 aliphatic rings. The van der Waals surface area contributed by atoms with Crippen LogP contribution in [0.4, 0.5) is 17.1 Å². The van der Waals surface area contributed by atoms with E-state index >= 15 is 0 Å². The summed E-state index contributed by atoms with van der Waals surface area (Å²) < 4.78 is 41.3. The van der Waals surface area contributed by atoms with Gasteiger partial charge in [-0.1, -0.05) is 37.3 Å². The molecule has 13 heteroatoms. The number of aliphatic hydroxyl groups is 1. The van der Waals surface area contributed by atoms with Crippen molar-refractivity contribution < 1.29 is 32.6 Å². The maximum Gasteiger partial charge on any atom is 0.262 e. The molecule has 264 valence electrons. The Morgan fingerprint density at radius 1 is 1.04 bits per heavy atom. The third-order valence-electron chi connectivity index (χ3n) is 8.67. The van der Waals surface area contributed by atoms with Gasteiger partial charge in [-0.2, -0.15) is 0 Å². The highest BCUT2D eigenvalue weighted by Crippen LogP contribution is 2.36. The molecule has 3 atom stereocenters. The molecule has 0 fully saturated rings. The number of sulfonamides is 1. The number of nitrogen functional groups attached to an aromatic ring is 1. The number of aliphatic hydroxyl groups excluding tert-OH is 1. The Labute approximate surface area is 292 Å². The molecule has 0 saturated heterocycles. The number of fused-ring (bicyclic) bond motifs is 1. The number of nitrogens with zero attached hydrogens (tertiary/aromatic N) is 2. The highest BCUT2D eigenvalue weighted by atomic mass is 32.2. The van der Waals surface area contributed by atoms with E-state index in [2.05, 4.69) is 14.9 Å². The number of carbonyl (C=O) groups excluding carboxylic acids is 2. The van der Waals surface area contributed by atoms with Crippen molar-refractivity contribution >= 4 is 38.9 Å². The number of hydrogen-bond donors (Lipinski definition) is 4. The minimum absolute atomic E-state index is 0.0148. The second kappa shape index (κ2) is 15.6. The summed E-state index contributed by atoms with van der Waals surface area (Å²) in [6, 6.07) is 24.6. The molecule has 50 heavy (non-hydrogen) atoms. The molecule has 4 aromatic rings. The van der Waals surface area contributed by atoms with Gasteiger partial charge in [0.05, 0.1) is 47.3 Å². The summed E-state index contributed by atoms with van der Waals surface area (Å²) in [5.41, 5.74) is 8.74. The predicted octanol–water partition coefficient (Wildman–Crippen LogP) is 4.68. The molecule has 5 rings (SSSR count). The van der Waals surface area contributed by atoms with E-state index in [0.717, 1.165) is 5.56 Å². The van der Waals surface area contributed by atoms with Gasteiger partial charge in [-0.05, 0) is 80.2 Å². The number of anilines is 3. The Hall–Kier alpha value is -5.11. The van der Waals surface area contributed by atoms with E-state index in [1.165, 1.54) is 19.2 Å². The first-order valence-corrected chi connectivity index (χ1v) is 17.7. The van der Waals surface area contributed by atoms with Crippen molar-refractivity contribution in [3.05, 3.63) is 108 Å². The Balaban J connectivity index is 1.37. The number of methoxy groups -OCH3 is 1. The normalized spacial score (nSPS) is 16.8. The van der Waals surface area contributed by atoms with Gasteiger partial charge in [0, 0.05) is 31.1 Å². The molecule has 0 aliphatic carbocycles. The fourth-order valence-corrected chi connectivity index (χ4v) is 6.81. The maximum absolute atomic E-state index is 13.9. The van der Waals surface area contributed by atoms with Gasteiger partial charge in [0.25, 0.3) is 21.8 Å².